The van der Waals surface area contributed by atoms with E-state index in [0.29, 0.717) is 5.69 Å². The number of carbonyl (C=O) groups excluding carboxylic acids is 1. The maximum absolute atomic E-state index is 13.9. The number of benzene rings is 3. The van der Waals surface area contributed by atoms with Crippen LogP contribution in [-0.2, 0) is 10.0 Å². The van der Waals surface area contributed by atoms with E-state index in [1.165, 1.54) is 36.4 Å². The molecule has 5 nitrogen and oxygen atoms in total. The number of anilines is 2. The minimum absolute atomic E-state index is 0.0834. The molecule has 3 aromatic rings. The Hall–Kier alpha value is -3.19. The second kappa shape index (κ2) is 8.05. The molecule has 0 saturated carbocycles. The quantitative estimate of drug-likeness (QED) is 0.632. The molecule has 0 aliphatic carbocycles. The normalized spacial score (nSPS) is 11.2. The largest absolute Gasteiger partial charge is 0.319 e. The predicted molar refractivity (Wildman–Crippen MR) is 112 cm³/mol. The summed E-state index contributed by atoms with van der Waals surface area (Å²) in [6.45, 7) is 5.51. The third-order valence-electron chi connectivity index (χ3n) is 4.56. The maximum Gasteiger partial charge on any atom is 0.261 e. The van der Waals surface area contributed by atoms with Gasteiger partial charge in [-0.15, -0.1) is 0 Å². The number of rotatable bonds is 5. The number of nitrogens with one attached hydrogen (secondary N) is 2. The first-order valence-corrected chi connectivity index (χ1v) is 10.4. The number of hydrogen-bond acceptors (Lipinski definition) is 3. The average molecular weight is 412 g/mol. The highest BCUT2D eigenvalue weighted by Gasteiger charge is 2.15. The summed E-state index contributed by atoms with van der Waals surface area (Å²) in [5, 5.41) is 2.51. The first kappa shape index (κ1) is 20.5. The van der Waals surface area contributed by atoms with Crippen LogP contribution in [0.3, 0.4) is 0 Å². The van der Waals surface area contributed by atoms with Crippen molar-refractivity contribution in [3.05, 3.63) is 88.7 Å². The Morgan fingerprint density at radius 3 is 2.17 bits per heavy atom. The van der Waals surface area contributed by atoms with Gasteiger partial charge in [-0.2, -0.15) is 0 Å². The van der Waals surface area contributed by atoms with Crippen LogP contribution in [-0.4, -0.2) is 14.3 Å². The summed E-state index contributed by atoms with van der Waals surface area (Å²) in [5.74, 6) is -1.01. The Morgan fingerprint density at radius 2 is 1.55 bits per heavy atom. The number of halogens is 1. The van der Waals surface area contributed by atoms with Crippen molar-refractivity contribution >= 4 is 27.3 Å². The fraction of sp³-hybridized carbons (Fsp3) is 0.136. The van der Waals surface area contributed by atoms with Crippen LogP contribution in [0.2, 0.25) is 0 Å². The van der Waals surface area contributed by atoms with E-state index < -0.39 is 21.7 Å². The highest BCUT2D eigenvalue weighted by Crippen LogP contribution is 2.20. The van der Waals surface area contributed by atoms with Crippen LogP contribution < -0.4 is 10.0 Å². The molecule has 29 heavy (non-hydrogen) atoms. The van der Waals surface area contributed by atoms with Crippen LogP contribution in [0.4, 0.5) is 15.8 Å². The van der Waals surface area contributed by atoms with Crippen LogP contribution in [0.1, 0.15) is 27.0 Å². The minimum Gasteiger partial charge on any atom is -0.319 e. The van der Waals surface area contributed by atoms with E-state index in [0.717, 1.165) is 16.7 Å². The van der Waals surface area contributed by atoms with Crippen LogP contribution in [0.5, 0.6) is 0 Å². The fourth-order valence-corrected chi connectivity index (χ4v) is 3.84. The molecule has 0 saturated heterocycles. The van der Waals surface area contributed by atoms with Crippen LogP contribution in [0.15, 0.2) is 65.6 Å². The van der Waals surface area contributed by atoms with Gasteiger partial charge in [0.15, 0.2) is 0 Å². The smallest absolute Gasteiger partial charge is 0.261 e. The molecular formula is C22H21FN2O3S. The molecule has 0 heterocycles. The minimum atomic E-state index is -3.74. The zero-order chi connectivity index (χ0) is 21.2. The van der Waals surface area contributed by atoms with Gasteiger partial charge in [-0.25, -0.2) is 12.8 Å². The lowest BCUT2D eigenvalue weighted by atomic mass is 10.1. The summed E-state index contributed by atoms with van der Waals surface area (Å²) in [6, 6.07) is 15.3. The predicted octanol–water partition coefficient (Wildman–Crippen LogP) is 4.80. The third kappa shape index (κ3) is 4.81. The van der Waals surface area contributed by atoms with Crippen molar-refractivity contribution in [3.8, 4) is 0 Å². The average Bonchev–Trinajstić information content (AvgIpc) is 2.66. The molecule has 0 aliphatic heterocycles. The van der Waals surface area contributed by atoms with Crippen LogP contribution in [0.25, 0.3) is 0 Å². The van der Waals surface area contributed by atoms with Crippen molar-refractivity contribution in [1.29, 1.82) is 0 Å². The van der Waals surface area contributed by atoms with Gasteiger partial charge in [-0.05, 0) is 86.0 Å². The highest BCUT2D eigenvalue weighted by atomic mass is 32.2. The number of hydrogen-bond donors (Lipinski definition) is 2. The van der Waals surface area contributed by atoms with Gasteiger partial charge in [0, 0.05) is 11.3 Å². The van der Waals surface area contributed by atoms with Gasteiger partial charge < -0.3 is 5.32 Å². The molecule has 3 aromatic carbocycles. The first-order valence-electron chi connectivity index (χ1n) is 8.93. The molecule has 0 spiro atoms. The molecule has 2 N–H and O–H groups in total. The molecule has 0 radical (unpaired) electrons. The molecule has 0 aliphatic rings. The van der Waals surface area contributed by atoms with Gasteiger partial charge in [-0.1, -0.05) is 12.1 Å². The van der Waals surface area contributed by atoms with Gasteiger partial charge in [0.2, 0.25) is 0 Å². The Balaban J connectivity index is 1.74. The molecular weight excluding hydrogens is 391 g/mol. The summed E-state index contributed by atoms with van der Waals surface area (Å²) >= 11 is 0. The number of aryl methyl sites for hydroxylation is 3. The van der Waals surface area contributed by atoms with E-state index in [4.69, 9.17) is 0 Å². The summed E-state index contributed by atoms with van der Waals surface area (Å²) in [6.07, 6.45) is 0. The van der Waals surface area contributed by atoms with Crippen LogP contribution in [0, 0.1) is 26.6 Å². The zero-order valence-electron chi connectivity index (χ0n) is 16.3. The third-order valence-corrected chi connectivity index (χ3v) is 5.94. The molecule has 0 aromatic heterocycles. The molecule has 1 amide bonds. The molecule has 0 unspecified atom stereocenters. The van der Waals surface area contributed by atoms with Crippen LogP contribution >= 0.6 is 0 Å². The van der Waals surface area contributed by atoms with Crippen molar-refractivity contribution in [3.63, 3.8) is 0 Å². The number of amides is 1. The number of sulfonamides is 1. The number of carbonyl (C=O) groups is 1. The first-order chi connectivity index (χ1) is 13.7. The Bertz CT molecular complexity index is 1170. The highest BCUT2D eigenvalue weighted by molar-refractivity contribution is 7.92. The van der Waals surface area contributed by atoms with E-state index >= 15 is 0 Å². The second-order valence-electron chi connectivity index (χ2n) is 6.87. The summed E-state index contributed by atoms with van der Waals surface area (Å²) < 4.78 is 41.5. The second-order valence-corrected chi connectivity index (χ2v) is 8.55. The van der Waals surface area contributed by atoms with Crippen molar-refractivity contribution < 1.29 is 17.6 Å². The van der Waals surface area contributed by atoms with Crippen molar-refractivity contribution in [2.75, 3.05) is 10.0 Å². The van der Waals surface area contributed by atoms with Gasteiger partial charge in [-0.3, -0.25) is 9.52 Å². The monoisotopic (exact) mass is 412 g/mol. The maximum atomic E-state index is 13.9. The van der Waals surface area contributed by atoms with Gasteiger partial charge in [0.1, 0.15) is 5.82 Å². The van der Waals surface area contributed by atoms with Gasteiger partial charge in [0.05, 0.1) is 10.6 Å². The SMILES string of the molecule is Cc1ccc(NC(=O)c2ccc(NS(=O)(=O)c3ccc(C)c(C)c3)cc2)c(F)c1. The Morgan fingerprint density at radius 1 is 0.862 bits per heavy atom. The van der Waals surface area contributed by atoms with Crippen molar-refractivity contribution in [1.82, 2.24) is 0 Å². The van der Waals surface area contributed by atoms with E-state index in [1.54, 1.807) is 31.2 Å². The molecule has 0 fully saturated rings. The standard InChI is InChI=1S/C22H21FN2O3S/c1-14-4-11-21(20(23)12-14)24-22(26)17-6-8-18(9-7-17)25-29(27,28)19-10-5-15(2)16(3)13-19/h4-13,25H,1-3H3,(H,24,26). The van der Waals surface area contributed by atoms with E-state index in [1.807, 2.05) is 13.8 Å². The summed E-state index contributed by atoms with van der Waals surface area (Å²) in [5.41, 5.74) is 3.31. The Kier molecular flexibility index (Phi) is 5.70. The van der Waals surface area contributed by atoms with E-state index in [9.17, 15) is 17.6 Å². The fourth-order valence-electron chi connectivity index (χ4n) is 2.70. The van der Waals surface area contributed by atoms with E-state index in [2.05, 4.69) is 10.0 Å². The zero-order valence-corrected chi connectivity index (χ0v) is 17.1. The van der Waals surface area contributed by atoms with Gasteiger partial charge >= 0.3 is 0 Å². The van der Waals surface area contributed by atoms with E-state index in [-0.39, 0.29) is 16.1 Å². The molecule has 0 bridgehead atoms. The molecule has 7 heteroatoms. The topological polar surface area (TPSA) is 75.3 Å². The Labute approximate surface area is 169 Å². The van der Waals surface area contributed by atoms with Crippen molar-refractivity contribution in [2.45, 2.75) is 25.7 Å². The summed E-state index contributed by atoms with van der Waals surface area (Å²) in [4.78, 5) is 12.5. The molecule has 150 valence electrons. The lowest BCUT2D eigenvalue weighted by Gasteiger charge is -2.11. The lowest BCUT2D eigenvalue weighted by molar-refractivity contribution is 0.102. The molecule has 3 rings (SSSR count). The molecule has 0 atom stereocenters. The summed E-state index contributed by atoms with van der Waals surface area (Å²) in [7, 11) is -3.74. The lowest BCUT2D eigenvalue weighted by Crippen LogP contribution is -2.15. The van der Waals surface area contributed by atoms with Crippen molar-refractivity contribution in [2.24, 2.45) is 0 Å². The van der Waals surface area contributed by atoms with Gasteiger partial charge in [0.25, 0.3) is 15.9 Å².